The molecule has 41 heavy (non-hydrogen) atoms. The highest BCUT2D eigenvalue weighted by atomic mass is 19.1. The van der Waals surface area contributed by atoms with Crippen LogP contribution in [0.15, 0.2) is 72.8 Å². The van der Waals surface area contributed by atoms with Gasteiger partial charge in [0.1, 0.15) is 35.4 Å². The third-order valence-corrected chi connectivity index (χ3v) is 7.30. The fourth-order valence-corrected chi connectivity index (χ4v) is 4.99. The van der Waals surface area contributed by atoms with Crippen molar-refractivity contribution in [2.45, 2.75) is 57.8 Å². The number of hydrogen-bond acceptors (Lipinski definition) is 2. The second-order valence-electron chi connectivity index (χ2n) is 10.2. The van der Waals surface area contributed by atoms with Gasteiger partial charge in [0.15, 0.2) is 0 Å². The van der Waals surface area contributed by atoms with Crippen molar-refractivity contribution < 1.29 is 17.6 Å². The number of rotatable bonds is 12. The zero-order valence-corrected chi connectivity index (χ0v) is 22.7. The number of halogens is 4. The molecule has 0 unspecified atom stereocenters. The summed E-state index contributed by atoms with van der Waals surface area (Å²) in [5.41, 5.74) is 3.14. The smallest absolute Gasteiger partial charge is 0.141 e. The monoisotopic (exact) mass is 554 g/mol. The minimum atomic E-state index is -0.657. The molecule has 0 aromatic heterocycles. The third kappa shape index (κ3) is 7.83. The number of nitrogens with zero attached hydrogens (tertiary/aromatic N) is 2. The first-order valence-corrected chi connectivity index (χ1v) is 13.9. The van der Waals surface area contributed by atoms with Gasteiger partial charge < -0.3 is 0 Å². The molecule has 0 aliphatic carbocycles. The lowest BCUT2D eigenvalue weighted by Gasteiger charge is -2.08. The lowest BCUT2D eigenvalue weighted by molar-refractivity contribution is 0.576. The van der Waals surface area contributed by atoms with Crippen molar-refractivity contribution in [1.82, 2.24) is 0 Å². The molecule has 0 saturated carbocycles. The summed E-state index contributed by atoms with van der Waals surface area (Å²) in [6.07, 6.45) is 8.85. The molecule has 208 valence electrons. The maximum atomic E-state index is 14.6. The number of aryl methyl sites for hydroxylation is 2. The van der Waals surface area contributed by atoms with Gasteiger partial charge in [0.25, 0.3) is 0 Å². The SMILES string of the molecule is N#Cc1ccc(-c2ccc(CCCCCCCCCc3ccc(-c4ccc(C#N)c(F)c4)c(F)c3)cc2F)cc1F. The van der Waals surface area contributed by atoms with E-state index >= 15 is 0 Å². The van der Waals surface area contributed by atoms with E-state index in [1.807, 2.05) is 12.1 Å². The van der Waals surface area contributed by atoms with E-state index in [9.17, 15) is 17.6 Å². The summed E-state index contributed by atoms with van der Waals surface area (Å²) in [6.45, 7) is 0. The predicted molar refractivity (Wildman–Crippen MR) is 153 cm³/mol. The Bertz CT molecular complexity index is 1480. The number of benzene rings is 4. The van der Waals surface area contributed by atoms with Gasteiger partial charge in [0.05, 0.1) is 11.1 Å². The molecule has 0 fully saturated rings. The molecule has 0 saturated heterocycles. The van der Waals surface area contributed by atoms with Crippen LogP contribution in [0, 0.1) is 45.9 Å². The molecule has 0 radical (unpaired) electrons. The van der Waals surface area contributed by atoms with Crippen LogP contribution in [-0.2, 0) is 12.8 Å². The van der Waals surface area contributed by atoms with Crippen LogP contribution in [0.2, 0.25) is 0 Å². The van der Waals surface area contributed by atoms with Gasteiger partial charge in [-0.3, -0.25) is 0 Å². The van der Waals surface area contributed by atoms with E-state index in [1.54, 1.807) is 36.4 Å². The lowest BCUT2D eigenvalue weighted by atomic mass is 9.98. The molecule has 6 heteroatoms. The molecule has 0 spiro atoms. The summed E-state index contributed by atoms with van der Waals surface area (Å²) in [5, 5.41) is 17.7. The molecule has 0 aliphatic heterocycles. The molecule has 0 bridgehead atoms. The quantitative estimate of drug-likeness (QED) is 0.129. The standard InChI is InChI=1S/C35H30F4N2/c36-32-20-26(12-14-28(32)22-40)30-16-10-24(18-34(30)38)8-6-4-2-1-3-5-7-9-25-11-17-31(35(39)19-25)27-13-15-29(23-41)33(37)21-27/h10-21H,1-9H2. The van der Waals surface area contributed by atoms with Crippen molar-refractivity contribution in [3.8, 4) is 34.4 Å². The summed E-state index contributed by atoms with van der Waals surface area (Å²) in [7, 11) is 0. The number of hydrogen-bond donors (Lipinski definition) is 0. The topological polar surface area (TPSA) is 47.6 Å². The van der Waals surface area contributed by atoms with E-state index in [4.69, 9.17) is 10.5 Å². The molecule has 0 N–H and O–H groups in total. The second kappa shape index (κ2) is 14.3. The van der Waals surface area contributed by atoms with Crippen LogP contribution in [0.4, 0.5) is 17.6 Å². The van der Waals surface area contributed by atoms with E-state index in [0.29, 0.717) is 22.3 Å². The molecule has 0 aliphatic rings. The zero-order chi connectivity index (χ0) is 29.2. The fraction of sp³-hybridized carbons (Fsp3) is 0.257. The van der Waals surface area contributed by atoms with Gasteiger partial charge in [-0.15, -0.1) is 0 Å². The van der Waals surface area contributed by atoms with Gasteiger partial charge in [-0.25, -0.2) is 17.6 Å². The first kappa shape index (κ1) is 29.6. The van der Waals surface area contributed by atoms with Gasteiger partial charge in [-0.1, -0.05) is 68.5 Å². The minimum absolute atomic E-state index is 0.0625. The molecule has 0 amide bonds. The van der Waals surface area contributed by atoms with E-state index in [2.05, 4.69) is 0 Å². The highest BCUT2D eigenvalue weighted by Gasteiger charge is 2.11. The van der Waals surface area contributed by atoms with Crippen LogP contribution in [0.5, 0.6) is 0 Å². The number of unbranched alkanes of at least 4 members (excludes halogenated alkanes) is 6. The Kier molecular flexibility index (Phi) is 10.3. The number of nitriles is 2. The maximum absolute atomic E-state index is 14.6. The van der Waals surface area contributed by atoms with Gasteiger partial charge in [-0.05, 0) is 84.3 Å². The molecule has 4 aromatic rings. The Morgan fingerprint density at radius 3 is 1.17 bits per heavy atom. The van der Waals surface area contributed by atoms with Crippen molar-refractivity contribution in [2.24, 2.45) is 0 Å². The summed E-state index contributed by atoms with van der Waals surface area (Å²) in [4.78, 5) is 0. The Labute approximate surface area is 238 Å². The summed E-state index contributed by atoms with van der Waals surface area (Å²) in [6, 6.07) is 21.8. The van der Waals surface area contributed by atoms with Gasteiger partial charge in [-0.2, -0.15) is 10.5 Å². The molecule has 2 nitrogen and oxygen atoms in total. The summed E-state index contributed by atoms with van der Waals surface area (Å²) < 4.78 is 57.1. The average Bonchev–Trinajstić information content (AvgIpc) is 2.96. The van der Waals surface area contributed by atoms with Gasteiger partial charge in [0.2, 0.25) is 0 Å². The zero-order valence-electron chi connectivity index (χ0n) is 22.7. The maximum Gasteiger partial charge on any atom is 0.141 e. The highest BCUT2D eigenvalue weighted by Crippen LogP contribution is 2.27. The third-order valence-electron chi connectivity index (χ3n) is 7.30. The van der Waals surface area contributed by atoms with Crippen LogP contribution in [0.3, 0.4) is 0 Å². The normalized spacial score (nSPS) is 10.8. The summed E-state index contributed by atoms with van der Waals surface area (Å²) >= 11 is 0. The molecule has 4 aromatic carbocycles. The first-order valence-electron chi connectivity index (χ1n) is 13.9. The molecule has 0 atom stereocenters. The largest absolute Gasteiger partial charge is 0.206 e. The molecule has 0 heterocycles. The lowest BCUT2D eigenvalue weighted by Crippen LogP contribution is -1.93. The first-order chi connectivity index (χ1) is 19.9. The van der Waals surface area contributed by atoms with E-state index in [0.717, 1.165) is 68.9 Å². The summed E-state index contributed by atoms with van der Waals surface area (Å²) in [5.74, 6) is -2.11. The van der Waals surface area contributed by atoms with Crippen molar-refractivity contribution >= 4 is 0 Å². The second-order valence-corrected chi connectivity index (χ2v) is 10.2. The van der Waals surface area contributed by atoms with Gasteiger partial charge >= 0.3 is 0 Å². The van der Waals surface area contributed by atoms with Crippen LogP contribution in [-0.4, -0.2) is 0 Å². The highest BCUT2D eigenvalue weighted by molar-refractivity contribution is 5.66. The van der Waals surface area contributed by atoms with Crippen LogP contribution in [0.1, 0.15) is 67.2 Å². The molecule has 4 rings (SSSR count). The van der Waals surface area contributed by atoms with Crippen molar-refractivity contribution in [3.63, 3.8) is 0 Å². The van der Waals surface area contributed by atoms with Gasteiger partial charge in [0, 0.05) is 11.1 Å². The Morgan fingerprint density at radius 2 is 0.829 bits per heavy atom. The Morgan fingerprint density at radius 1 is 0.439 bits per heavy atom. The molecular weight excluding hydrogens is 524 g/mol. The fourth-order valence-electron chi connectivity index (χ4n) is 4.99. The van der Waals surface area contributed by atoms with E-state index in [1.165, 1.54) is 36.4 Å². The van der Waals surface area contributed by atoms with Crippen molar-refractivity contribution in [3.05, 3.63) is 118 Å². The van der Waals surface area contributed by atoms with Crippen molar-refractivity contribution in [2.75, 3.05) is 0 Å². The Balaban J connectivity index is 1.13. The average molecular weight is 555 g/mol. The van der Waals surface area contributed by atoms with Crippen LogP contribution < -0.4 is 0 Å². The van der Waals surface area contributed by atoms with Crippen molar-refractivity contribution in [1.29, 1.82) is 10.5 Å². The van der Waals surface area contributed by atoms with E-state index in [-0.39, 0.29) is 11.1 Å². The Hall–Kier alpha value is -4.42. The van der Waals surface area contributed by atoms with Crippen LogP contribution >= 0.6 is 0 Å². The van der Waals surface area contributed by atoms with Crippen LogP contribution in [0.25, 0.3) is 22.3 Å². The van der Waals surface area contributed by atoms with E-state index < -0.39 is 23.3 Å². The molecular formula is C35H30F4N2. The predicted octanol–water partition coefficient (Wildman–Crippen LogP) is 9.84. The minimum Gasteiger partial charge on any atom is -0.206 e.